The van der Waals surface area contributed by atoms with Crippen molar-refractivity contribution in [2.75, 3.05) is 47.5 Å². The van der Waals surface area contributed by atoms with Crippen LogP contribution in [0.2, 0.25) is 0 Å². The predicted octanol–water partition coefficient (Wildman–Crippen LogP) is 13.9. The van der Waals surface area contributed by atoms with E-state index in [1.54, 1.807) is 0 Å². The van der Waals surface area contributed by atoms with Gasteiger partial charge in [0.05, 0.1) is 27.7 Å². The Hall–Kier alpha value is -1.25. The number of nitrogens with zero attached hydrogens (tertiary/aromatic N) is 1. The molecule has 0 spiro atoms. The van der Waals surface area contributed by atoms with Gasteiger partial charge in [-0.2, -0.15) is 0 Å². The van der Waals surface area contributed by atoms with Gasteiger partial charge >= 0.3 is 11.9 Å². The van der Waals surface area contributed by atoms with Crippen LogP contribution in [0.25, 0.3) is 0 Å². The molecular weight excluding hydrogens is 762 g/mol. The highest BCUT2D eigenvalue weighted by atomic mass is 31.2. The summed E-state index contributed by atoms with van der Waals surface area (Å²) in [4.78, 5) is 37.6. The third-order valence-electron chi connectivity index (χ3n) is 11.0. The van der Waals surface area contributed by atoms with Crippen molar-refractivity contribution < 1.29 is 42.1 Å². The second-order valence-corrected chi connectivity index (χ2v) is 19.6. The highest BCUT2D eigenvalue weighted by Gasteiger charge is 2.21. The first-order valence-corrected chi connectivity index (χ1v) is 26.4. The minimum atomic E-state index is -4.62. The molecule has 0 heterocycles. The van der Waals surface area contributed by atoms with Gasteiger partial charge in [-0.15, -0.1) is 0 Å². The van der Waals surface area contributed by atoms with Gasteiger partial charge in [0, 0.05) is 12.8 Å². The Balaban J connectivity index is 4.22. The first kappa shape index (κ1) is 57.8. The van der Waals surface area contributed by atoms with Crippen molar-refractivity contribution in [3.05, 3.63) is 12.2 Å². The summed E-state index contributed by atoms with van der Waals surface area (Å²) in [5.74, 6) is -0.823. The summed E-state index contributed by atoms with van der Waals surface area (Å²) in [7, 11) is 1.18. The van der Waals surface area contributed by atoms with Gasteiger partial charge in [0.25, 0.3) is 7.82 Å². The molecule has 0 N–H and O–H groups in total. The average molecular weight is 858 g/mol. The van der Waals surface area contributed by atoms with E-state index in [0.717, 1.165) is 32.1 Å². The normalized spacial score (nSPS) is 13.5. The smallest absolute Gasteiger partial charge is 0.306 e. The molecule has 0 aromatic rings. The lowest BCUT2D eigenvalue weighted by Crippen LogP contribution is -2.37. The molecule has 0 aromatic carbocycles. The molecule has 0 saturated heterocycles. The molecular formula is C49H96NO8P. The van der Waals surface area contributed by atoms with Gasteiger partial charge in [-0.05, 0) is 32.1 Å². The van der Waals surface area contributed by atoms with Gasteiger partial charge in [0.1, 0.15) is 19.8 Å². The van der Waals surface area contributed by atoms with Crippen LogP contribution < -0.4 is 4.89 Å². The van der Waals surface area contributed by atoms with E-state index in [1.165, 1.54) is 173 Å². The van der Waals surface area contributed by atoms with Crippen molar-refractivity contribution in [1.82, 2.24) is 0 Å². The molecule has 0 bridgehead atoms. The number of phosphoric ester groups is 1. The highest BCUT2D eigenvalue weighted by Crippen LogP contribution is 2.38. The van der Waals surface area contributed by atoms with Gasteiger partial charge in [-0.1, -0.05) is 206 Å². The molecule has 0 rings (SSSR count). The Morgan fingerprint density at radius 2 is 0.881 bits per heavy atom. The fourth-order valence-corrected chi connectivity index (χ4v) is 7.84. The van der Waals surface area contributed by atoms with Crippen molar-refractivity contribution in [3.8, 4) is 0 Å². The number of carbonyl (C=O) groups is 2. The second kappa shape index (κ2) is 42.1. The van der Waals surface area contributed by atoms with E-state index < -0.39 is 26.5 Å². The van der Waals surface area contributed by atoms with Crippen molar-refractivity contribution in [3.63, 3.8) is 0 Å². The summed E-state index contributed by atoms with van der Waals surface area (Å²) in [5, 5.41) is 0. The Morgan fingerprint density at radius 1 is 0.508 bits per heavy atom. The van der Waals surface area contributed by atoms with Crippen LogP contribution in [0.15, 0.2) is 12.2 Å². The van der Waals surface area contributed by atoms with Crippen molar-refractivity contribution in [2.45, 2.75) is 245 Å². The number of phosphoric acid groups is 1. The lowest BCUT2D eigenvalue weighted by Gasteiger charge is -2.28. The van der Waals surface area contributed by atoms with Gasteiger partial charge in [0.15, 0.2) is 6.10 Å². The molecule has 0 amide bonds. The summed E-state index contributed by atoms with van der Waals surface area (Å²) in [6, 6.07) is 0. The van der Waals surface area contributed by atoms with Gasteiger partial charge in [-0.3, -0.25) is 14.2 Å². The number of rotatable bonds is 46. The number of unbranched alkanes of at least 4 members (excludes halogenated alkanes) is 30. The van der Waals surface area contributed by atoms with Crippen LogP contribution >= 0.6 is 7.82 Å². The molecule has 0 aromatic heterocycles. The number of hydrogen-bond acceptors (Lipinski definition) is 8. The molecule has 350 valence electrons. The average Bonchev–Trinajstić information content (AvgIpc) is 3.19. The zero-order valence-corrected chi connectivity index (χ0v) is 40.4. The SMILES string of the molecule is CCCC/C=C/CCCCCCCCCCCC(=O)OC[C@H](COP(=O)([O-])OCC[N+](C)(C)C)OC(=O)CCCCCCCCCCCCCCCCCCCCCC. The van der Waals surface area contributed by atoms with Gasteiger partial charge in [-0.25, -0.2) is 0 Å². The van der Waals surface area contributed by atoms with E-state index in [1.807, 2.05) is 21.1 Å². The number of ether oxygens (including phenoxy) is 2. The topological polar surface area (TPSA) is 111 Å². The van der Waals surface area contributed by atoms with Crippen LogP contribution in [-0.4, -0.2) is 70.0 Å². The van der Waals surface area contributed by atoms with Crippen molar-refractivity contribution >= 4 is 19.8 Å². The maximum atomic E-state index is 12.7. The standard InChI is InChI=1S/C49H96NO8P/c1-6-8-10-12-14-16-18-20-22-23-24-25-26-28-30-32-34-36-38-40-42-49(52)58-47(46-57-59(53,54)56-44-43-50(3,4)5)45-55-48(51)41-39-37-35-33-31-29-27-21-19-17-15-13-11-9-7-2/h13,15,47H,6-12,14,16-46H2,1-5H3/b15-13+/t47-/m1/s1. The third kappa shape index (κ3) is 46.1. The molecule has 0 aliphatic rings. The van der Waals surface area contributed by atoms with Crippen LogP contribution in [0.4, 0.5) is 0 Å². The first-order chi connectivity index (χ1) is 28.5. The fourth-order valence-electron chi connectivity index (χ4n) is 7.11. The zero-order valence-electron chi connectivity index (χ0n) is 39.5. The van der Waals surface area contributed by atoms with E-state index in [0.29, 0.717) is 17.4 Å². The van der Waals surface area contributed by atoms with Crippen molar-refractivity contribution in [1.29, 1.82) is 0 Å². The van der Waals surface area contributed by atoms with Crippen LogP contribution in [0.5, 0.6) is 0 Å². The summed E-state index contributed by atoms with van der Waals surface area (Å²) < 4.78 is 34.0. The molecule has 0 radical (unpaired) electrons. The molecule has 10 heteroatoms. The summed E-state index contributed by atoms with van der Waals surface area (Å²) in [6.07, 6.45) is 45.2. The number of allylic oxidation sites excluding steroid dienone is 2. The third-order valence-corrected chi connectivity index (χ3v) is 12.0. The molecule has 9 nitrogen and oxygen atoms in total. The maximum absolute atomic E-state index is 12.7. The van der Waals surface area contributed by atoms with Crippen LogP contribution in [-0.2, 0) is 32.7 Å². The number of hydrogen-bond donors (Lipinski definition) is 0. The fraction of sp³-hybridized carbons (Fsp3) is 0.918. The Morgan fingerprint density at radius 3 is 1.31 bits per heavy atom. The van der Waals surface area contributed by atoms with Gasteiger partial charge in [0.2, 0.25) is 0 Å². The summed E-state index contributed by atoms with van der Waals surface area (Å²) in [6.45, 7) is 4.24. The van der Waals surface area contributed by atoms with E-state index in [4.69, 9.17) is 18.5 Å². The summed E-state index contributed by atoms with van der Waals surface area (Å²) >= 11 is 0. The molecule has 0 saturated carbocycles. The van der Waals surface area contributed by atoms with E-state index in [2.05, 4.69) is 26.0 Å². The maximum Gasteiger partial charge on any atom is 0.306 e. The van der Waals surface area contributed by atoms with Crippen LogP contribution in [0.3, 0.4) is 0 Å². The number of likely N-dealkylation sites (N-methyl/N-ethyl adjacent to an activating group) is 1. The highest BCUT2D eigenvalue weighted by molar-refractivity contribution is 7.45. The lowest BCUT2D eigenvalue weighted by molar-refractivity contribution is -0.870. The minimum absolute atomic E-state index is 0.0276. The zero-order chi connectivity index (χ0) is 43.6. The largest absolute Gasteiger partial charge is 0.756 e. The first-order valence-electron chi connectivity index (χ1n) is 24.9. The van der Waals surface area contributed by atoms with Gasteiger partial charge < -0.3 is 27.9 Å². The van der Waals surface area contributed by atoms with Crippen LogP contribution in [0.1, 0.15) is 239 Å². The number of quaternary nitrogens is 1. The molecule has 0 aliphatic heterocycles. The van der Waals surface area contributed by atoms with Crippen molar-refractivity contribution in [2.24, 2.45) is 0 Å². The Bertz CT molecular complexity index is 1020. The predicted molar refractivity (Wildman–Crippen MR) is 245 cm³/mol. The van der Waals surface area contributed by atoms with E-state index in [-0.39, 0.29) is 32.0 Å². The van der Waals surface area contributed by atoms with E-state index in [9.17, 15) is 19.0 Å². The monoisotopic (exact) mass is 858 g/mol. The minimum Gasteiger partial charge on any atom is -0.756 e. The van der Waals surface area contributed by atoms with E-state index >= 15 is 0 Å². The van der Waals surface area contributed by atoms with Crippen LogP contribution in [0, 0.1) is 0 Å². The summed E-state index contributed by atoms with van der Waals surface area (Å²) in [5.41, 5.74) is 0. The number of esters is 2. The second-order valence-electron chi connectivity index (χ2n) is 18.2. The molecule has 0 fully saturated rings. The lowest BCUT2D eigenvalue weighted by atomic mass is 10.0. The molecule has 59 heavy (non-hydrogen) atoms. The number of carbonyl (C=O) groups excluding carboxylic acids is 2. The molecule has 2 atom stereocenters. The quantitative estimate of drug-likeness (QED) is 0.0196. The Labute approximate surface area is 365 Å². The molecule has 1 unspecified atom stereocenters. The Kier molecular flexibility index (Phi) is 41.2. The molecule has 0 aliphatic carbocycles.